The van der Waals surface area contributed by atoms with Crippen LogP contribution in [0.2, 0.25) is 0 Å². The lowest BCUT2D eigenvalue weighted by Crippen LogP contribution is -2.39. The summed E-state index contributed by atoms with van der Waals surface area (Å²) in [5, 5.41) is 0. The maximum absolute atomic E-state index is 5.86. The molecule has 0 saturated heterocycles. The van der Waals surface area contributed by atoms with E-state index in [1.165, 1.54) is 11.3 Å². The highest BCUT2D eigenvalue weighted by Gasteiger charge is 2.23. The highest BCUT2D eigenvalue weighted by atomic mass is 15.1. The molecule has 2 unspecified atom stereocenters. The fourth-order valence-electron chi connectivity index (χ4n) is 1.82. The summed E-state index contributed by atoms with van der Waals surface area (Å²) in [6.07, 6.45) is 0. The van der Waals surface area contributed by atoms with Crippen molar-refractivity contribution in [1.29, 1.82) is 0 Å². The van der Waals surface area contributed by atoms with Crippen LogP contribution >= 0.6 is 0 Å². The second-order valence-corrected chi connectivity index (χ2v) is 6.03. The zero-order chi connectivity index (χ0) is 13.2. The van der Waals surface area contributed by atoms with Crippen LogP contribution in [0.4, 0.5) is 5.69 Å². The molecule has 2 heteroatoms. The Balaban J connectivity index is 2.87. The Morgan fingerprint density at radius 3 is 1.88 bits per heavy atom. The zero-order valence-corrected chi connectivity index (χ0v) is 12.0. The molecule has 0 radical (unpaired) electrons. The van der Waals surface area contributed by atoms with Crippen LogP contribution in [-0.2, 0) is 0 Å². The summed E-state index contributed by atoms with van der Waals surface area (Å²) in [5.74, 6) is 0. The van der Waals surface area contributed by atoms with Crippen LogP contribution in [-0.4, -0.2) is 13.1 Å². The number of rotatable bonds is 3. The van der Waals surface area contributed by atoms with Gasteiger partial charge in [-0.1, -0.05) is 32.9 Å². The van der Waals surface area contributed by atoms with Gasteiger partial charge in [0.15, 0.2) is 0 Å². The Morgan fingerprint density at radius 1 is 1.06 bits per heavy atom. The standard InChI is InChI=1S/C15H26N2/c1-11(16)13-7-9-14(10-8-13)17(6)12(2)15(3,4)5/h7-12H,16H2,1-6H3. The first-order chi connectivity index (χ1) is 7.73. The minimum absolute atomic E-state index is 0.106. The van der Waals surface area contributed by atoms with Gasteiger partial charge in [-0.05, 0) is 37.0 Å². The van der Waals surface area contributed by atoms with Gasteiger partial charge in [0.05, 0.1) is 0 Å². The monoisotopic (exact) mass is 234 g/mol. The predicted octanol–water partition coefficient (Wildman–Crippen LogP) is 3.58. The quantitative estimate of drug-likeness (QED) is 0.866. The first-order valence-electron chi connectivity index (χ1n) is 6.32. The van der Waals surface area contributed by atoms with Gasteiger partial charge in [0.1, 0.15) is 0 Å². The second kappa shape index (κ2) is 5.09. The molecule has 1 aromatic carbocycles. The van der Waals surface area contributed by atoms with E-state index in [0.717, 1.165) is 0 Å². The lowest BCUT2D eigenvalue weighted by molar-refractivity contribution is 0.330. The van der Waals surface area contributed by atoms with Crippen LogP contribution in [0, 0.1) is 5.41 Å². The Hall–Kier alpha value is -1.02. The molecule has 1 aromatic rings. The molecule has 0 aliphatic heterocycles. The summed E-state index contributed by atoms with van der Waals surface area (Å²) in [6, 6.07) is 9.14. The van der Waals surface area contributed by atoms with E-state index in [1.807, 2.05) is 6.92 Å². The average Bonchev–Trinajstić information content (AvgIpc) is 2.26. The molecular formula is C15H26N2. The van der Waals surface area contributed by atoms with Crippen LogP contribution < -0.4 is 10.6 Å². The van der Waals surface area contributed by atoms with Gasteiger partial charge in [0, 0.05) is 24.8 Å². The zero-order valence-electron chi connectivity index (χ0n) is 12.0. The van der Waals surface area contributed by atoms with Gasteiger partial charge in [-0.3, -0.25) is 0 Å². The molecule has 2 N–H and O–H groups in total. The first kappa shape index (κ1) is 14.0. The molecule has 0 saturated carbocycles. The number of benzene rings is 1. The summed E-state index contributed by atoms with van der Waals surface area (Å²) in [4.78, 5) is 2.32. The summed E-state index contributed by atoms with van der Waals surface area (Å²) in [7, 11) is 2.15. The topological polar surface area (TPSA) is 29.3 Å². The lowest BCUT2D eigenvalue weighted by atomic mass is 9.87. The van der Waals surface area contributed by atoms with Gasteiger partial charge < -0.3 is 10.6 Å². The molecule has 2 nitrogen and oxygen atoms in total. The van der Waals surface area contributed by atoms with Gasteiger partial charge in [-0.15, -0.1) is 0 Å². The van der Waals surface area contributed by atoms with Crippen molar-refractivity contribution in [2.45, 2.75) is 46.7 Å². The molecule has 0 aliphatic rings. The molecule has 0 spiro atoms. The minimum atomic E-state index is 0.106. The summed E-state index contributed by atoms with van der Waals surface area (Å²) in [6.45, 7) is 11.1. The van der Waals surface area contributed by atoms with E-state index in [1.54, 1.807) is 0 Å². The highest BCUT2D eigenvalue weighted by Crippen LogP contribution is 2.27. The fourth-order valence-corrected chi connectivity index (χ4v) is 1.82. The Morgan fingerprint density at radius 2 is 1.53 bits per heavy atom. The number of hydrogen-bond acceptors (Lipinski definition) is 2. The van der Waals surface area contributed by atoms with Crippen molar-refractivity contribution in [2.24, 2.45) is 11.1 Å². The van der Waals surface area contributed by atoms with E-state index < -0.39 is 0 Å². The Kier molecular flexibility index (Phi) is 4.21. The molecule has 96 valence electrons. The molecule has 0 aliphatic carbocycles. The third kappa shape index (κ3) is 3.47. The van der Waals surface area contributed by atoms with Crippen molar-refractivity contribution in [2.75, 3.05) is 11.9 Å². The molecule has 1 rings (SSSR count). The molecule has 2 atom stereocenters. The van der Waals surface area contributed by atoms with Crippen molar-refractivity contribution in [1.82, 2.24) is 0 Å². The average molecular weight is 234 g/mol. The van der Waals surface area contributed by atoms with Crippen LogP contribution in [0.25, 0.3) is 0 Å². The van der Waals surface area contributed by atoms with Crippen molar-refractivity contribution in [3.63, 3.8) is 0 Å². The van der Waals surface area contributed by atoms with Crippen molar-refractivity contribution in [3.05, 3.63) is 29.8 Å². The molecule has 0 amide bonds. The summed E-state index contributed by atoms with van der Waals surface area (Å²) in [5.41, 5.74) is 8.56. The number of nitrogens with zero attached hydrogens (tertiary/aromatic N) is 1. The van der Waals surface area contributed by atoms with Gasteiger partial charge in [-0.25, -0.2) is 0 Å². The van der Waals surface area contributed by atoms with E-state index >= 15 is 0 Å². The van der Waals surface area contributed by atoms with E-state index in [0.29, 0.717) is 6.04 Å². The molecule has 0 fully saturated rings. The molecule has 0 bridgehead atoms. The predicted molar refractivity (Wildman–Crippen MR) is 76.4 cm³/mol. The molecule has 0 aromatic heterocycles. The molecular weight excluding hydrogens is 208 g/mol. The smallest absolute Gasteiger partial charge is 0.0366 e. The minimum Gasteiger partial charge on any atom is -0.371 e. The van der Waals surface area contributed by atoms with Gasteiger partial charge in [-0.2, -0.15) is 0 Å². The highest BCUT2D eigenvalue weighted by molar-refractivity contribution is 5.48. The first-order valence-corrected chi connectivity index (χ1v) is 6.32. The molecule has 17 heavy (non-hydrogen) atoms. The number of nitrogens with two attached hydrogens (primary N) is 1. The van der Waals surface area contributed by atoms with E-state index in [-0.39, 0.29) is 11.5 Å². The van der Waals surface area contributed by atoms with Crippen molar-refractivity contribution >= 4 is 5.69 Å². The van der Waals surface area contributed by atoms with Crippen LogP contribution in [0.3, 0.4) is 0 Å². The van der Waals surface area contributed by atoms with Gasteiger partial charge in [0.2, 0.25) is 0 Å². The van der Waals surface area contributed by atoms with Gasteiger partial charge in [0.25, 0.3) is 0 Å². The van der Waals surface area contributed by atoms with E-state index in [2.05, 4.69) is 63.9 Å². The maximum Gasteiger partial charge on any atom is 0.0366 e. The number of hydrogen-bond donors (Lipinski definition) is 1. The van der Waals surface area contributed by atoms with Crippen molar-refractivity contribution < 1.29 is 0 Å². The SMILES string of the molecule is CC(N)c1ccc(N(C)C(C)C(C)(C)C)cc1. The van der Waals surface area contributed by atoms with Crippen LogP contribution in [0.1, 0.15) is 46.2 Å². The number of anilines is 1. The van der Waals surface area contributed by atoms with Gasteiger partial charge >= 0.3 is 0 Å². The maximum atomic E-state index is 5.86. The lowest BCUT2D eigenvalue weighted by Gasteiger charge is -2.37. The van der Waals surface area contributed by atoms with Crippen LogP contribution in [0.15, 0.2) is 24.3 Å². The molecule has 0 heterocycles. The summed E-state index contributed by atoms with van der Waals surface area (Å²) >= 11 is 0. The third-order valence-electron chi connectivity index (χ3n) is 3.66. The van der Waals surface area contributed by atoms with E-state index in [4.69, 9.17) is 5.73 Å². The van der Waals surface area contributed by atoms with Crippen LogP contribution in [0.5, 0.6) is 0 Å². The Bertz CT molecular complexity index is 346. The third-order valence-corrected chi connectivity index (χ3v) is 3.66. The fraction of sp³-hybridized carbons (Fsp3) is 0.600. The van der Waals surface area contributed by atoms with Crippen molar-refractivity contribution in [3.8, 4) is 0 Å². The summed E-state index contributed by atoms with van der Waals surface area (Å²) < 4.78 is 0. The second-order valence-electron chi connectivity index (χ2n) is 6.03. The van der Waals surface area contributed by atoms with E-state index in [9.17, 15) is 0 Å². The largest absolute Gasteiger partial charge is 0.371 e. The normalized spacial score (nSPS) is 15.5. The Labute approximate surface area is 106 Å².